The van der Waals surface area contributed by atoms with Crippen molar-refractivity contribution in [3.63, 3.8) is 0 Å². The summed E-state index contributed by atoms with van der Waals surface area (Å²) in [5.41, 5.74) is 7.59. The van der Waals surface area contributed by atoms with Gasteiger partial charge in [0.15, 0.2) is 14.4 Å². The first kappa shape index (κ1) is 24.0. The molecule has 2 rings (SSSR count). The van der Waals surface area contributed by atoms with Crippen LogP contribution in [-0.2, 0) is 4.43 Å². The number of hydrogen-bond donors (Lipinski definition) is 1. The van der Waals surface area contributed by atoms with Crippen LogP contribution in [-0.4, -0.2) is 52.2 Å². The van der Waals surface area contributed by atoms with Crippen molar-refractivity contribution in [3.05, 3.63) is 23.8 Å². The van der Waals surface area contributed by atoms with Gasteiger partial charge in [-0.05, 0) is 67.7 Å². The maximum absolute atomic E-state index is 13.7. The molecule has 2 N–H and O–H groups in total. The van der Waals surface area contributed by atoms with Crippen LogP contribution in [0.2, 0.25) is 18.1 Å². The first-order chi connectivity index (χ1) is 13.2. The highest BCUT2D eigenvalue weighted by Crippen LogP contribution is 2.40. The van der Waals surface area contributed by atoms with Crippen molar-refractivity contribution >= 4 is 14.0 Å². The summed E-state index contributed by atoms with van der Waals surface area (Å²) >= 11 is 0. The minimum atomic E-state index is -4.36. The molecule has 0 aromatic heterocycles. The lowest BCUT2D eigenvalue weighted by atomic mass is 9.89. The molecule has 0 aliphatic carbocycles. The number of piperidine rings is 1. The molecule has 1 saturated heterocycles. The third-order valence-corrected chi connectivity index (χ3v) is 10.8. The van der Waals surface area contributed by atoms with Crippen molar-refractivity contribution in [2.45, 2.75) is 69.9 Å². The second kappa shape index (κ2) is 8.86. The maximum Gasteiger partial charge on any atom is 0.414 e. The van der Waals surface area contributed by atoms with Gasteiger partial charge in [0, 0.05) is 6.54 Å². The number of likely N-dealkylation sites (tertiary alicyclic amines) is 1. The van der Waals surface area contributed by atoms with Crippen LogP contribution in [0, 0.1) is 0 Å². The Hall–Kier alpha value is -1.25. The highest BCUT2D eigenvalue weighted by molar-refractivity contribution is 6.74. The van der Waals surface area contributed by atoms with E-state index in [0.29, 0.717) is 30.4 Å². The largest absolute Gasteiger partial charge is 0.495 e. The van der Waals surface area contributed by atoms with E-state index < -0.39 is 20.6 Å². The molecule has 1 fully saturated rings. The van der Waals surface area contributed by atoms with Gasteiger partial charge in [-0.1, -0.05) is 26.8 Å². The molecule has 1 heterocycles. The minimum absolute atomic E-state index is 0.103. The molecule has 4 nitrogen and oxygen atoms in total. The number of rotatable bonds is 6. The van der Waals surface area contributed by atoms with Crippen LogP contribution in [0.25, 0.3) is 0 Å². The summed E-state index contributed by atoms with van der Waals surface area (Å²) in [6.45, 7) is 10.7. The summed E-state index contributed by atoms with van der Waals surface area (Å²) in [7, 11) is -0.936. The average Bonchev–Trinajstić information content (AvgIpc) is 2.60. The molecule has 0 spiro atoms. The first-order valence-electron chi connectivity index (χ1n) is 10.1. The molecule has 1 aromatic carbocycles. The fourth-order valence-electron chi connectivity index (χ4n) is 3.41. The normalized spacial score (nSPS) is 18.7. The van der Waals surface area contributed by atoms with E-state index in [1.807, 2.05) is 57.0 Å². The third kappa shape index (κ3) is 6.12. The van der Waals surface area contributed by atoms with E-state index in [0.717, 1.165) is 18.4 Å². The number of methoxy groups -OCH3 is 1. The average molecular weight is 433 g/mol. The molecule has 1 aliphatic rings. The van der Waals surface area contributed by atoms with E-state index in [9.17, 15) is 13.2 Å². The van der Waals surface area contributed by atoms with Gasteiger partial charge in [-0.2, -0.15) is 13.2 Å². The standard InChI is InChI=1S/C21H35F3N2O2Si/c1-20(2,3)29(5,6)28-19(21(22,23)24)14-26-11-9-15(10-12-26)16-7-8-17(25)18(13-16)27-4/h7-8,13,15,19H,9-12,14,25H2,1-6H3/t19-/m0/s1. The molecular formula is C21H35F3N2O2Si. The molecule has 0 amide bonds. The van der Waals surface area contributed by atoms with Gasteiger partial charge in [-0.15, -0.1) is 0 Å². The molecule has 1 atom stereocenters. The van der Waals surface area contributed by atoms with Crippen molar-refractivity contribution in [2.24, 2.45) is 0 Å². The van der Waals surface area contributed by atoms with E-state index in [2.05, 4.69) is 0 Å². The molecule has 1 aromatic rings. The van der Waals surface area contributed by atoms with E-state index in [1.54, 1.807) is 7.11 Å². The molecule has 0 unspecified atom stereocenters. The topological polar surface area (TPSA) is 47.7 Å². The van der Waals surface area contributed by atoms with Crippen LogP contribution in [0.1, 0.15) is 45.1 Å². The molecule has 1 aliphatic heterocycles. The van der Waals surface area contributed by atoms with Crippen LogP contribution in [0.3, 0.4) is 0 Å². The zero-order chi connectivity index (χ0) is 22.0. The molecule has 8 heteroatoms. The Balaban J connectivity index is 2.02. The van der Waals surface area contributed by atoms with Gasteiger partial charge >= 0.3 is 6.18 Å². The van der Waals surface area contributed by atoms with Gasteiger partial charge in [0.05, 0.1) is 12.8 Å². The van der Waals surface area contributed by atoms with Crippen molar-refractivity contribution in [2.75, 3.05) is 32.5 Å². The monoisotopic (exact) mass is 432 g/mol. The minimum Gasteiger partial charge on any atom is -0.495 e. The quantitative estimate of drug-likeness (QED) is 0.482. The Morgan fingerprint density at radius 3 is 2.24 bits per heavy atom. The van der Waals surface area contributed by atoms with E-state index in [-0.39, 0.29) is 11.6 Å². The van der Waals surface area contributed by atoms with Crippen molar-refractivity contribution in [1.29, 1.82) is 0 Å². The lowest BCUT2D eigenvalue weighted by molar-refractivity contribution is -0.203. The maximum atomic E-state index is 13.7. The number of alkyl halides is 3. The molecule has 0 bridgehead atoms. The second-order valence-corrected chi connectivity index (χ2v) is 14.2. The highest BCUT2D eigenvalue weighted by Gasteiger charge is 2.48. The predicted octanol–water partition coefficient (Wildman–Crippen LogP) is 5.41. The predicted molar refractivity (Wildman–Crippen MR) is 114 cm³/mol. The van der Waals surface area contributed by atoms with Crippen LogP contribution in [0.15, 0.2) is 18.2 Å². The molecule has 0 saturated carbocycles. The van der Waals surface area contributed by atoms with Crippen LogP contribution >= 0.6 is 0 Å². The number of nitrogens with two attached hydrogens (primary N) is 1. The lowest BCUT2D eigenvalue weighted by Gasteiger charge is -2.42. The summed E-state index contributed by atoms with van der Waals surface area (Å²) < 4.78 is 52.2. The molecule has 29 heavy (non-hydrogen) atoms. The van der Waals surface area contributed by atoms with Crippen LogP contribution in [0.4, 0.5) is 18.9 Å². The summed E-state index contributed by atoms with van der Waals surface area (Å²) in [5.74, 6) is 0.941. The number of nitrogen functional groups attached to an aromatic ring is 1. The number of halogens is 3. The molecule has 166 valence electrons. The fraction of sp³-hybridized carbons (Fsp3) is 0.714. The Labute approximate surface area is 173 Å². The summed E-state index contributed by atoms with van der Waals surface area (Å²) in [6, 6.07) is 5.75. The zero-order valence-corrected chi connectivity index (χ0v) is 19.4. The van der Waals surface area contributed by atoms with Gasteiger partial charge in [-0.3, -0.25) is 0 Å². The van der Waals surface area contributed by atoms with Gasteiger partial charge < -0.3 is 19.8 Å². The number of nitrogens with zero attached hydrogens (tertiary/aromatic N) is 1. The molecule has 0 radical (unpaired) electrons. The van der Waals surface area contributed by atoms with Crippen molar-refractivity contribution < 1.29 is 22.3 Å². The number of benzene rings is 1. The Morgan fingerprint density at radius 1 is 1.17 bits per heavy atom. The Bertz CT molecular complexity index is 681. The number of hydrogen-bond acceptors (Lipinski definition) is 4. The smallest absolute Gasteiger partial charge is 0.414 e. The zero-order valence-electron chi connectivity index (χ0n) is 18.4. The second-order valence-electron chi connectivity index (χ2n) is 9.48. The van der Waals surface area contributed by atoms with E-state index in [4.69, 9.17) is 14.9 Å². The SMILES string of the molecule is COc1cc(C2CCN(C[C@H](O[Si](C)(C)C(C)(C)C)C(F)(F)F)CC2)ccc1N. The van der Waals surface area contributed by atoms with Crippen LogP contribution < -0.4 is 10.5 Å². The number of ether oxygens (including phenoxy) is 1. The first-order valence-corrected chi connectivity index (χ1v) is 13.1. The fourth-order valence-corrected chi connectivity index (χ4v) is 4.68. The van der Waals surface area contributed by atoms with E-state index >= 15 is 0 Å². The van der Waals surface area contributed by atoms with Gasteiger partial charge in [-0.25, -0.2) is 0 Å². The van der Waals surface area contributed by atoms with Crippen LogP contribution in [0.5, 0.6) is 5.75 Å². The number of anilines is 1. The van der Waals surface area contributed by atoms with Crippen molar-refractivity contribution in [1.82, 2.24) is 4.90 Å². The summed E-state index contributed by atoms with van der Waals surface area (Å²) in [5, 5.41) is -0.266. The highest BCUT2D eigenvalue weighted by atomic mass is 28.4. The summed E-state index contributed by atoms with van der Waals surface area (Å²) in [4.78, 5) is 1.89. The summed E-state index contributed by atoms with van der Waals surface area (Å²) in [6.07, 6.45) is -4.50. The Kier molecular flexibility index (Phi) is 7.33. The molecular weight excluding hydrogens is 397 g/mol. The van der Waals surface area contributed by atoms with Gasteiger partial charge in [0.1, 0.15) is 5.75 Å². The van der Waals surface area contributed by atoms with Gasteiger partial charge in [0.25, 0.3) is 0 Å². The lowest BCUT2D eigenvalue weighted by Crippen LogP contribution is -2.52. The third-order valence-electron chi connectivity index (χ3n) is 6.35. The Morgan fingerprint density at radius 2 is 1.76 bits per heavy atom. The van der Waals surface area contributed by atoms with Crippen molar-refractivity contribution in [3.8, 4) is 5.75 Å². The van der Waals surface area contributed by atoms with Gasteiger partial charge in [0.2, 0.25) is 0 Å². The van der Waals surface area contributed by atoms with E-state index in [1.165, 1.54) is 0 Å².